The molecular weight excluding hydrogens is 340 g/mol. The van der Waals surface area contributed by atoms with Crippen molar-refractivity contribution in [1.29, 1.82) is 0 Å². The first-order chi connectivity index (χ1) is 13.0. The monoisotopic (exact) mass is 374 g/mol. The van der Waals surface area contributed by atoms with Crippen molar-refractivity contribution in [3.8, 4) is 5.75 Å². The predicted molar refractivity (Wildman–Crippen MR) is 123 cm³/mol. The van der Waals surface area contributed by atoms with E-state index in [4.69, 9.17) is 0 Å². The van der Waals surface area contributed by atoms with Crippen LogP contribution in [0.25, 0.3) is 11.1 Å². The molecule has 1 nitrogen and oxygen atoms in total. The largest absolute Gasteiger partial charge is 0.508 e. The zero-order valence-electron chi connectivity index (χ0n) is 18.4. The van der Waals surface area contributed by atoms with Crippen LogP contribution in [0.15, 0.2) is 72.3 Å². The van der Waals surface area contributed by atoms with Crippen LogP contribution in [0, 0.1) is 5.92 Å². The normalized spacial score (nSPS) is 13.5. The lowest BCUT2D eigenvalue weighted by molar-refractivity contribution is 0.475. The van der Waals surface area contributed by atoms with E-state index >= 15 is 0 Å². The molecule has 0 saturated heterocycles. The summed E-state index contributed by atoms with van der Waals surface area (Å²) in [7, 11) is 0. The minimum atomic E-state index is -0.162. The highest BCUT2D eigenvalue weighted by Crippen LogP contribution is 2.41. The highest BCUT2D eigenvalue weighted by molar-refractivity contribution is 5.74. The zero-order chi connectivity index (χ0) is 21.1. The lowest BCUT2D eigenvalue weighted by atomic mass is 9.71. The molecule has 0 aliphatic rings. The van der Waals surface area contributed by atoms with E-state index in [9.17, 15) is 5.11 Å². The molecule has 0 saturated carbocycles. The van der Waals surface area contributed by atoms with Gasteiger partial charge in [0.15, 0.2) is 0 Å². The van der Waals surface area contributed by atoms with Gasteiger partial charge in [-0.1, -0.05) is 87.9 Å². The molecule has 2 rings (SSSR count). The zero-order valence-corrected chi connectivity index (χ0v) is 18.4. The highest BCUT2D eigenvalue weighted by atomic mass is 16.3. The van der Waals surface area contributed by atoms with Crippen LogP contribution in [0.3, 0.4) is 0 Å². The van der Waals surface area contributed by atoms with Gasteiger partial charge in [0.05, 0.1) is 0 Å². The van der Waals surface area contributed by atoms with Gasteiger partial charge in [-0.2, -0.15) is 0 Å². The first-order valence-corrected chi connectivity index (χ1v) is 10.00. The fourth-order valence-electron chi connectivity index (χ4n) is 4.01. The molecule has 0 radical (unpaired) electrons. The van der Waals surface area contributed by atoms with Crippen LogP contribution in [-0.4, -0.2) is 5.11 Å². The maximum absolute atomic E-state index is 9.68. The Morgan fingerprint density at radius 1 is 0.893 bits per heavy atom. The van der Waals surface area contributed by atoms with Gasteiger partial charge in [-0.25, -0.2) is 0 Å². The molecule has 2 aromatic carbocycles. The molecule has 0 fully saturated rings. The Balaban J connectivity index is 2.67. The summed E-state index contributed by atoms with van der Waals surface area (Å²) in [6.07, 6.45) is 2.34. The van der Waals surface area contributed by atoms with Gasteiger partial charge in [0.1, 0.15) is 5.75 Å². The van der Waals surface area contributed by atoms with Crippen LogP contribution in [0.2, 0.25) is 0 Å². The first-order valence-electron chi connectivity index (χ1n) is 10.00. The van der Waals surface area contributed by atoms with Crippen molar-refractivity contribution < 1.29 is 5.11 Å². The average Bonchev–Trinajstić information content (AvgIpc) is 2.61. The third-order valence-corrected chi connectivity index (χ3v) is 5.38. The number of aromatic hydroxyl groups is 1. The topological polar surface area (TPSA) is 20.2 Å². The summed E-state index contributed by atoms with van der Waals surface area (Å²) in [6, 6.07) is 16.3. The van der Waals surface area contributed by atoms with Crippen LogP contribution in [0.5, 0.6) is 5.75 Å². The van der Waals surface area contributed by atoms with Crippen molar-refractivity contribution in [3.63, 3.8) is 0 Å². The molecule has 0 aromatic heterocycles. The smallest absolute Gasteiger partial charge is 0.115 e. The van der Waals surface area contributed by atoms with Gasteiger partial charge in [0.25, 0.3) is 0 Å². The van der Waals surface area contributed by atoms with Crippen LogP contribution >= 0.6 is 0 Å². The number of phenolic OH excluding ortho intramolecular Hbond substituents is 1. The van der Waals surface area contributed by atoms with Crippen molar-refractivity contribution in [2.75, 3.05) is 0 Å². The number of rotatable bonds is 6. The predicted octanol–water partition coefficient (Wildman–Crippen LogP) is 7.78. The molecule has 0 atom stereocenters. The minimum absolute atomic E-state index is 0.162. The van der Waals surface area contributed by atoms with Gasteiger partial charge in [-0.05, 0) is 66.7 Å². The summed E-state index contributed by atoms with van der Waals surface area (Å²) in [5.41, 5.74) is 8.38. The van der Waals surface area contributed by atoms with Gasteiger partial charge in [-0.3, -0.25) is 0 Å². The van der Waals surface area contributed by atoms with E-state index in [1.165, 1.54) is 27.8 Å². The molecule has 0 bridgehead atoms. The van der Waals surface area contributed by atoms with Crippen molar-refractivity contribution in [3.05, 3.63) is 89.0 Å². The molecule has 1 N–H and O–H groups in total. The van der Waals surface area contributed by atoms with E-state index in [1.54, 1.807) is 12.1 Å². The molecular formula is C27H34O. The van der Waals surface area contributed by atoms with Crippen molar-refractivity contribution >= 4 is 11.1 Å². The molecule has 0 aliphatic heterocycles. The van der Waals surface area contributed by atoms with E-state index in [-0.39, 0.29) is 5.41 Å². The summed E-state index contributed by atoms with van der Waals surface area (Å²) in [5.74, 6) is 0.770. The molecule has 28 heavy (non-hydrogen) atoms. The first kappa shape index (κ1) is 21.8. The Hall–Kier alpha value is -2.54. The standard InChI is InChI=1S/C27H34O/c1-18(2)17-20(5)26(21(6)23-11-15-25(28)16-12-23)27(7,8)24-13-9-22(10-14-24)19(3)4/h9-18,28H,3H2,1-2,4-8H3/b20-17+,26-21+. The molecule has 0 unspecified atom stereocenters. The average molecular weight is 375 g/mol. The molecule has 1 heteroatoms. The number of phenols is 1. The van der Waals surface area contributed by atoms with Gasteiger partial charge in [0.2, 0.25) is 0 Å². The number of hydrogen-bond acceptors (Lipinski definition) is 1. The van der Waals surface area contributed by atoms with Crippen molar-refractivity contribution in [2.45, 2.75) is 53.9 Å². The lowest BCUT2D eigenvalue weighted by Gasteiger charge is -2.32. The van der Waals surface area contributed by atoms with E-state index in [2.05, 4.69) is 78.5 Å². The third-order valence-electron chi connectivity index (χ3n) is 5.38. The maximum atomic E-state index is 9.68. The molecule has 148 valence electrons. The fraction of sp³-hybridized carbons (Fsp3) is 0.333. The summed E-state index contributed by atoms with van der Waals surface area (Å²) in [4.78, 5) is 0. The molecule has 0 amide bonds. The summed E-state index contributed by atoms with van der Waals surface area (Å²) < 4.78 is 0. The number of hydrogen-bond donors (Lipinski definition) is 1. The van der Waals surface area contributed by atoms with Gasteiger partial charge in [0, 0.05) is 5.41 Å². The maximum Gasteiger partial charge on any atom is 0.115 e. The molecule has 0 aliphatic carbocycles. The quantitative estimate of drug-likeness (QED) is 0.512. The molecule has 0 heterocycles. The van der Waals surface area contributed by atoms with E-state index < -0.39 is 0 Å². The summed E-state index contributed by atoms with van der Waals surface area (Å²) in [5, 5.41) is 9.68. The van der Waals surface area contributed by atoms with E-state index in [0.717, 1.165) is 11.1 Å². The fourth-order valence-corrected chi connectivity index (χ4v) is 4.01. The third kappa shape index (κ3) is 4.84. The number of benzene rings is 2. The van der Waals surface area contributed by atoms with Crippen molar-refractivity contribution in [2.24, 2.45) is 5.92 Å². The molecule has 0 spiro atoms. The van der Waals surface area contributed by atoms with Gasteiger partial charge < -0.3 is 5.11 Å². The SMILES string of the molecule is C=C(C)c1ccc(C(C)(C)C(/C(C)=C/C(C)C)=C(\C)c2ccc(O)cc2)cc1. The second-order valence-electron chi connectivity index (χ2n) is 8.62. The van der Waals surface area contributed by atoms with Crippen LogP contribution in [0.1, 0.15) is 65.2 Å². The number of allylic oxidation sites excluding steroid dienone is 5. The minimum Gasteiger partial charge on any atom is -0.508 e. The van der Waals surface area contributed by atoms with Crippen LogP contribution < -0.4 is 0 Å². The van der Waals surface area contributed by atoms with E-state index in [0.29, 0.717) is 11.7 Å². The Morgan fingerprint density at radius 2 is 1.39 bits per heavy atom. The van der Waals surface area contributed by atoms with Crippen LogP contribution in [-0.2, 0) is 5.41 Å². The van der Waals surface area contributed by atoms with Gasteiger partial charge >= 0.3 is 0 Å². The lowest BCUT2D eigenvalue weighted by Crippen LogP contribution is -2.22. The Labute approximate surface area is 171 Å². The molecule has 2 aromatic rings. The second kappa shape index (κ2) is 8.65. The van der Waals surface area contributed by atoms with Crippen molar-refractivity contribution in [1.82, 2.24) is 0 Å². The van der Waals surface area contributed by atoms with E-state index in [1.807, 2.05) is 19.1 Å². The Bertz CT molecular complexity index is 888. The Kier molecular flexibility index (Phi) is 6.72. The second-order valence-corrected chi connectivity index (χ2v) is 8.62. The van der Waals surface area contributed by atoms with Crippen LogP contribution in [0.4, 0.5) is 0 Å². The summed E-state index contributed by atoms with van der Waals surface area (Å²) in [6.45, 7) is 19.5. The Morgan fingerprint density at radius 3 is 1.86 bits per heavy atom. The van der Waals surface area contributed by atoms with Gasteiger partial charge in [-0.15, -0.1) is 0 Å². The highest BCUT2D eigenvalue weighted by Gasteiger charge is 2.29. The summed E-state index contributed by atoms with van der Waals surface area (Å²) >= 11 is 0.